The molecule has 2 N–H and O–H groups in total. The van der Waals surface area contributed by atoms with Crippen molar-refractivity contribution in [1.82, 2.24) is 15.3 Å². The molecule has 1 aromatic heterocycles. The SMILES string of the molecule is Cc1ccc(OCC[C@@H](NC(=O)c2cnc[nH]2)[C@H](C)O[Si](C)(C)C(C)(C)C)cc1C. The van der Waals surface area contributed by atoms with Crippen molar-refractivity contribution in [1.29, 1.82) is 0 Å². The minimum atomic E-state index is -1.98. The summed E-state index contributed by atoms with van der Waals surface area (Å²) in [6, 6.07) is 5.91. The van der Waals surface area contributed by atoms with Crippen molar-refractivity contribution in [3.05, 3.63) is 47.5 Å². The summed E-state index contributed by atoms with van der Waals surface area (Å²) in [4.78, 5) is 19.4. The predicted octanol–water partition coefficient (Wildman–Crippen LogP) is 5.00. The molecule has 0 bridgehead atoms. The van der Waals surface area contributed by atoms with Crippen LogP contribution in [0.3, 0.4) is 0 Å². The van der Waals surface area contributed by atoms with Crippen LogP contribution in [0.4, 0.5) is 0 Å². The van der Waals surface area contributed by atoms with Gasteiger partial charge in [0.25, 0.3) is 5.91 Å². The van der Waals surface area contributed by atoms with Gasteiger partial charge in [-0.2, -0.15) is 0 Å². The fourth-order valence-corrected chi connectivity index (χ4v) is 4.33. The van der Waals surface area contributed by atoms with Crippen LogP contribution < -0.4 is 10.1 Å². The van der Waals surface area contributed by atoms with Gasteiger partial charge in [-0.15, -0.1) is 0 Å². The molecule has 1 amide bonds. The number of aromatic amines is 1. The Hall–Kier alpha value is -2.12. The summed E-state index contributed by atoms with van der Waals surface area (Å²) in [6.07, 6.45) is 3.53. The molecule has 7 heteroatoms. The highest BCUT2D eigenvalue weighted by molar-refractivity contribution is 6.74. The van der Waals surface area contributed by atoms with Crippen molar-refractivity contribution in [2.24, 2.45) is 0 Å². The molecular formula is C23H37N3O3Si. The summed E-state index contributed by atoms with van der Waals surface area (Å²) in [5, 5.41) is 3.20. The van der Waals surface area contributed by atoms with E-state index in [4.69, 9.17) is 9.16 Å². The number of aromatic nitrogens is 2. The van der Waals surface area contributed by atoms with Crippen LogP contribution in [-0.2, 0) is 4.43 Å². The van der Waals surface area contributed by atoms with Crippen LogP contribution in [0.2, 0.25) is 18.1 Å². The number of nitrogens with one attached hydrogen (secondary N) is 2. The van der Waals surface area contributed by atoms with E-state index in [2.05, 4.69) is 69.1 Å². The zero-order valence-corrected chi connectivity index (χ0v) is 20.6. The zero-order chi connectivity index (χ0) is 22.5. The maximum atomic E-state index is 12.6. The first-order valence-electron chi connectivity index (χ1n) is 10.6. The molecule has 6 nitrogen and oxygen atoms in total. The van der Waals surface area contributed by atoms with E-state index in [1.807, 2.05) is 19.1 Å². The monoisotopic (exact) mass is 431 g/mol. The molecule has 0 aliphatic heterocycles. The molecule has 0 radical (unpaired) electrons. The lowest BCUT2D eigenvalue weighted by Crippen LogP contribution is -2.51. The molecule has 0 unspecified atom stereocenters. The number of amides is 1. The lowest BCUT2D eigenvalue weighted by atomic mass is 10.1. The average Bonchev–Trinajstić information content (AvgIpc) is 3.17. The van der Waals surface area contributed by atoms with Crippen LogP contribution in [-0.4, -0.2) is 42.9 Å². The Morgan fingerprint density at radius 1 is 1.23 bits per heavy atom. The summed E-state index contributed by atoms with van der Waals surface area (Å²) in [6.45, 7) is 17.8. The van der Waals surface area contributed by atoms with Gasteiger partial charge in [0.1, 0.15) is 11.4 Å². The van der Waals surface area contributed by atoms with E-state index >= 15 is 0 Å². The third-order valence-corrected chi connectivity index (χ3v) is 10.7. The van der Waals surface area contributed by atoms with Gasteiger partial charge in [-0.1, -0.05) is 26.8 Å². The van der Waals surface area contributed by atoms with Crippen molar-refractivity contribution >= 4 is 14.2 Å². The van der Waals surface area contributed by atoms with Gasteiger partial charge in [0, 0.05) is 6.42 Å². The number of hydrogen-bond acceptors (Lipinski definition) is 4. The van der Waals surface area contributed by atoms with E-state index in [1.54, 1.807) is 0 Å². The number of H-pyrrole nitrogens is 1. The Labute approximate surface area is 181 Å². The molecule has 0 aliphatic carbocycles. The quantitative estimate of drug-likeness (QED) is 0.548. The van der Waals surface area contributed by atoms with Gasteiger partial charge in [0.15, 0.2) is 8.32 Å². The number of benzene rings is 1. The van der Waals surface area contributed by atoms with Crippen molar-refractivity contribution in [3.63, 3.8) is 0 Å². The molecule has 0 saturated carbocycles. The fourth-order valence-electron chi connectivity index (χ4n) is 2.88. The van der Waals surface area contributed by atoms with Crippen molar-refractivity contribution in [2.45, 2.75) is 78.2 Å². The molecule has 1 aromatic carbocycles. The van der Waals surface area contributed by atoms with E-state index < -0.39 is 8.32 Å². The van der Waals surface area contributed by atoms with Crippen molar-refractivity contribution < 1.29 is 14.0 Å². The number of carbonyl (C=O) groups is 1. The average molecular weight is 432 g/mol. The van der Waals surface area contributed by atoms with Gasteiger partial charge in [-0.3, -0.25) is 4.79 Å². The lowest BCUT2D eigenvalue weighted by Gasteiger charge is -2.40. The van der Waals surface area contributed by atoms with Crippen LogP contribution in [0, 0.1) is 13.8 Å². The minimum Gasteiger partial charge on any atom is -0.494 e. The van der Waals surface area contributed by atoms with Crippen LogP contribution in [0.1, 0.15) is 55.7 Å². The number of aryl methyl sites for hydroxylation is 2. The Kier molecular flexibility index (Phi) is 7.88. The van der Waals surface area contributed by atoms with Gasteiger partial charge < -0.3 is 19.5 Å². The first-order chi connectivity index (χ1) is 13.9. The minimum absolute atomic E-state index is 0.0924. The second kappa shape index (κ2) is 9.79. The number of ether oxygens (including phenoxy) is 1. The topological polar surface area (TPSA) is 76.2 Å². The molecule has 0 aliphatic rings. The Balaban J connectivity index is 2.07. The summed E-state index contributed by atoms with van der Waals surface area (Å²) < 4.78 is 12.5. The first kappa shape index (κ1) is 24.1. The highest BCUT2D eigenvalue weighted by Gasteiger charge is 2.40. The predicted molar refractivity (Wildman–Crippen MR) is 124 cm³/mol. The number of carbonyl (C=O) groups excluding carboxylic acids is 1. The summed E-state index contributed by atoms with van der Waals surface area (Å²) >= 11 is 0. The number of hydrogen-bond donors (Lipinski definition) is 2. The van der Waals surface area contributed by atoms with Crippen LogP contribution in [0.5, 0.6) is 5.75 Å². The van der Waals surface area contributed by atoms with E-state index in [1.165, 1.54) is 23.7 Å². The van der Waals surface area contributed by atoms with Gasteiger partial charge >= 0.3 is 0 Å². The van der Waals surface area contributed by atoms with Crippen LogP contribution >= 0.6 is 0 Å². The van der Waals surface area contributed by atoms with Gasteiger partial charge in [0.05, 0.1) is 31.3 Å². The highest BCUT2D eigenvalue weighted by Crippen LogP contribution is 2.37. The lowest BCUT2D eigenvalue weighted by molar-refractivity contribution is 0.0842. The van der Waals surface area contributed by atoms with Crippen LogP contribution in [0.15, 0.2) is 30.7 Å². The fraction of sp³-hybridized carbons (Fsp3) is 0.565. The number of rotatable bonds is 9. The summed E-state index contributed by atoms with van der Waals surface area (Å²) in [5.41, 5.74) is 2.88. The zero-order valence-electron chi connectivity index (χ0n) is 19.6. The normalized spacial score (nSPS) is 14.3. The molecular weight excluding hydrogens is 394 g/mol. The second-order valence-electron chi connectivity index (χ2n) is 9.51. The highest BCUT2D eigenvalue weighted by atomic mass is 28.4. The number of nitrogens with zero attached hydrogens (tertiary/aromatic N) is 1. The van der Waals surface area contributed by atoms with E-state index in [0.29, 0.717) is 18.7 Å². The molecule has 2 aromatic rings. The first-order valence-corrected chi connectivity index (χ1v) is 13.5. The third-order valence-electron chi connectivity index (χ3n) is 6.09. The Bertz CT molecular complexity index is 829. The summed E-state index contributed by atoms with van der Waals surface area (Å²) in [5.74, 6) is 0.657. The largest absolute Gasteiger partial charge is 0.494 e. The molecule has 1 heterocycles. The molecule has 0 spiro atoms. The molecule has 166 valence electrons. The standard InChI is InChI=1S/C23H37N3O3Si/c1-16-9-10-19(13-17(16)2)28-12-11-20(26-22(27)21-14-24-15-25-21)18(3)29-30(7,8)23(4,5)6/h9-10,13-15,18,20H,11-12H2,1-8H3,(H,24,25)(H,26,27)/t18-,20+/m0/s1. The Morgan fingerprint density at radius 2 is 1.93 bits per heavy atom. The van der Waals surface area contributed by atoms with Gasteiger partial charge in [-0.25, -0.2) is 4.98 Å². The van der Waals surface area contributed by atoms with Crippen molar-refractivity contribution in [2.75, 3.05) is 6.61 Å². The van der Waals surface area contributed by atoms with Gasteiger partial charge in [-0.05, 0) is 62.2 Å². The Morgan fingerprint density at radius 3 is 2.50 bits per heavy atom. The van der Waals surface area contributed by atoms with E-state index in [9.17, 15) is 4.79 Å². The van der Waals surface area contributed by atoms with Crippen molar-refractivity contribution in [3.8, 4) is 5.75 Å². The molecule has 2 atom stereocenters. The maximum absolute atomic E-state index is 12.6. The third kappa shape index (κ3) is 6.44. The second-order valence-corrected chi connectivity index (χ2v) is 14.3. The molecule has 0 saturated heterocycles. The molecule has 2 rings (SSSR count). The molecule has 0 fully saturated rings. The van der Waals surface area contributed by atoms with Crippen LogP contribution in [0.25, 0.3) is 0 Å². The molecule has 30 heavy (non-hydrogen) atoms. The summed E-state index contributed by atoms with van der Waals surface area (Å²) in [7, 11) is -1.98. The number of imidazole rings is 1. The smallest absolute Gasteiger partial charge is 0.269 e. The maximum Gasteiger partial charge on any atom is 0.269 e. The van der Waals surface area contributed by atoms with E-state index in [0.717, 1.165) is 5.75 Å². The van der Waals surface area contributed by atoms with Gasteiger partial charge in [0.2, 0.25) is 0 Å². The van der Waals surface area contributed by atoms with E-state index in [-0.39, 0.29) is 23.1 Å².